The van der Waals surface area contributed by atoms with E-state index in [9.17, 15) is 0 Å². The van der Waals surface area contributed by atoms with E-state index in [2.05, 4.69) is 28.9 Å². The second kappa shape index (κ2) is 5.50. The molecule has 21 heavy (non-hydrogen) atoms. The third-order valence-corrected chi connectivity index (χ3v) is 5.14. The van der Waals surface area contributed by atoms with Gasteiger partial charge in [0.05, 0.1) is 0 Å². The summed E-state index contributed by atoms with van der Waals surface area (Å²) >= 11 is 0. The Labute approximate surface area is 126 Å². The van der Waals surface area contributed by atoms with Crippen LogP contribution in [0.3, 0.4) is 0 Å². The normalized spacial score (nSPS) is 29.4. The Balaban J connectivity index is 1.46. The van der Waals surface area contributed by atoms with Crippen LogP contribution in [0.25, 0.3) is 0 Å². The minimum Gasteiger partial charge on any atom is -0.454 e. The highest BCUT2D eigenvalue weighted by molar-refractivity contribution is 5.44. The molecule has 1 aromatic rings. The van der Waals surface area contributed by atoms with E-state index >= 15 is 0 Å². The zero-order valence-corrected chi connectivity index (χ0v) is 12.8. The molecule has 3 heterocycles. The second-order valence-electron chi connectivity index (χ2n) is 6.61. The lowest BCUT2D eigenvalue weighted by atomic mass is 9.96. The number of rotatable bonds is 2. The van der Waals surface area contributed by atoms with Crippen LogP contribution in [0.4, 0.5) is 0 Å². The largest absolute Gasteiger partial charge is 0.454 e. The molecule has 2 fully saturated rings. The van der Waals surface area contributed by atoms with Gasteiger partial charge in [-0.1, -0.05) is 12.5 Å². The fourth-order valence-corrected chi connectivity index (χ4v) is 3.91. The van der Waals surface area contributed by atoms with Crippen LogP contribution in [0.5, 0.6) is 11.5 Å². The Hall–Kier alpha value is -1.26. The Bertz CT molecular complexity index is 520. The average molecular weight is 288 g/mol. The summed E-state index contributed by atoms with van der Waals surface area (Å²) in [6, 6.07) is 7.75. The molecule has 0 aliphatic carbocycles. The summed E-state index contributed by atoms with van der Waals surface area (Å²) in [5.74, 6) is 1.78. The lowest BCUT2D eigenvalue weighted by Gasteiger charge is -2.47. The van der Waals surface area contributed by atoms with Gasteiger partial charge in [-0.05, 0) is 44.0 Å². The summed E-state index contributed by atoms with van der Waals surface area (Å²) in [5, 5.41) is 0. The lowest BCUT2D eigenvalue weighted by Crippen LogP contribution is -2.58. The zero-order valence-electron chi connectivity index (χ0n) is 12.8. The van der Waals surface area contributed by atoms with Crippen molar-refractivity contribution in [2.24, 2.45) is 0 Å². The van der Waals surface area contributed by atoms with E-state index in [1.54, 1.807) is 0 Å². The average Bonchev–Trinajstić information content (AvgIpc) is 2.95. The molecule has 2 saturated heterocycles. The van der Waals surface area contributed by atoms with Crippen LogP contribution in [0.2, 0.25) is 0 Å². The maximum absolute atomic E-state index is 5.49. The van der Waals surface area contributed by atoms with Gasteiger partial charge in [-0.25, -0.2) is 0 Å². The summed E-state index contributed by atoms with van der Waals surface area (Å²) in [5.41, 5.74) is 1.33. The van der Waals surface area contributed by atoms with Gasteiger partial charge < -0.3 is 9.47 Å². The molecule has 0 amide bonds. The standard InChI is InChI=1S/C17H24N2O2/c1-13-9-18-7-3-2-4-15(18)11-19(13)10-14-5-6-16-17(8-14)21-12-20-16/h5-6,8,13,15H,2-4,7,9-12H2,1H3. The van der Waals surface area contributed by atoms with Crippen molar-refractivity contribution in [1.29, 1.82) is 0 Å². The first-order valence-corrected chi connectivity index (χ1v) is 8.16. The Kier molecular flexibility index (Phi) is 3.51. The zero-order chi connectivity index (χ0) is 14.2. The Morgan fingerprint density at radius 2 is 2.05 bits per heavy atom. The van der Waals surface area contributed by atoms with Gasteiger partial charge in [-0.3, -0.25) is 9.80 Å². The number of piperazine rings is 1. The van der Waals surface area contributed by atoms with Crippen LogP contribution in [0, 0.1) is 0 Å². The fourth-order valence-electron chi connectivity index (χ4n) is 3.91. The molecule has 1 aromatic carbocycles. The highest BCUT2D eigenvalue weighted by Crippen LogP contribution is 2.33. The van der Waals surface area contributed by atoms with Gasteiger partial charge >= 0.3 is 0 Å². The fraction of sp³-hybridized carbons (Fsp3) is 0.647. The van der Waals surface area contributed by atoms with Crippen LogP contribution in [-0.4, -0.2) is 48.3 Å². The first kappa shape index (κ1) is 13.4. The predicted molar refractivity (Wildman–Crippen MR) is 81.6 cm³/mol. The first-order valence-electron chi connectivity index (χ1n) is 8.16. The van der Waals surface area contributed by atoms with Gasteiger partial charge in [0.25, 0.3) is 0 Å². The Morgan fingerprint density at radius 1 is 1.14 bits per heavy atom. The number of ether oxygens (including phenoxy) is 2. The number of benzene rings is 1. The van der Waals surface area contributed by atoms with Gasteiger partial charge in [0.15, 0.2) is 11.5 Å². The maximum atomic E-state index is 5.49. The number of hydrogen-bond donors (Lipinski definition) is 0. The van der Waals surface area contributed by atoms with E-state index in [1.165, 1.54) is 44.5 Å². The third-order valence-electron chi connectivity index (χ3n) is 5.14. The molecule has 3 aliphatic heterocycles. The van der Waals surface area contributed by atoms with Gasteiger partial charge in [0, 0.05) is 31.7 Å². The summed E-state index contributed by atoms with van der Waals surface area (Å²) in [6.45, 7) is 7.45. The highest BCUT2D eigenvalue weighted by atomic mass is 16.7. The summed E-state index contributed by atoms with van der Waals surface area (Å²) in [7, 11) is 0. The van der Waals surface area contributed by atoms with Crippen molar-refractivity contribution in [3.05, 3.63) is 23.8 Å². The summed E-state index contributed by atoms with van der Waals surface area (Å²) in [4.78, 5) is 5.33. The van der Waals surface area contributed by atoms with Crippen molar-refractivity contribution in [1.82, 2.24) is 9.80 Å². The molecule has 0 saturated carbocycles. The van der Waals surface area contributed by atoms with Crippen LogP contribution in [0.15, 0.2) is 18.2 Å². The van der Waals surface area contributed by atoms with E-state index in [1.807, 2.05) is 6.07 Å². The van der Waals surface area contributed by atoms with Gasteiger partial charge in [-0.15, -0.1) is 0 Å². The topological polar surface area (TPSA) is 24.9 Å². The molecule has 2 unspecified atom stereocenters. The molecule has 0 N–H and O–H groups in total. The SMILES string of the molecule is CC1CN2CCCCC2CN1Cc1ccc2c(c1)OCO2. The number of nitrogens with zero attached hydrogens (tertiary/aromatic N) is 2. The van der Waals surface area contributed by atoms with Crippen molar-refractivity contribution in [3.63, 3.8) is 0 Å². The van der Waals surface area contributed by atoms with Crippen LogP contribution in [-0.2, 0) is 6.54 Å². The van der Waals surface area contributed by atoms with Crippen molar-refractivity contribution in [2.45, 2.75) is 44.8 Å². The van der Waals surface area contributed by atoms with E-state index in [-0.39, 0.29) is 0 Å². The van der Waals surface area contributed by atoms with Gasteiger partial charge in [0.1, 0.15) is 0 Å². The molecule has 0 aromatic heterocycles. The highest BCUT2D eigenvalue weighted by Gasteiger charge is 2.32. The quantitative estimate of drug-likeness (QED) is 0.834. The molecule has 0 spiro atoms. The molecule has 4 nitrogen and oxygen atoms in total. The lowest BCUT2D eigenvalue weighted by molar-refractivity contribution is 0.0111. The van der Waals surface area contributed by atoms with Gasteiger partial charge in [-0.2, -0.15) is 0 Å². The van der Waals surface area contributed by atoms with E-state index in [4.69, 9.17) is 9.47 Å². The number of fused-ring (bicyclic) bond motifs is 2. The monoisotopic (exact) mass is 288 g/mol. The van der Waals surface area contributed by atoms with Crippen LogP contribution >= 0.6 is 0 Å². The molecule has 114 valence electrons. The van der Waals surface area contributed by atoms with Crippen molar-refractivity contribution in [3.8, 4) is 11.5 Å². The van der Waals surface area contributed by atoms with E-state index in [0.717, 1.165) is 24.1 Å². The van der Waals surface area contributed by atoms with Gasteiger partial charge in [0.2, 0.25) is 6.79 Å². The van der Waals surface area contributed by atoms with E-state index < -0.39 is 0 Å². The molecule has 4 rings (SSSR count). The van der Waals surface area contributed by atoms with Crippen LogP contribution < -0.4 is 9.47 Å². The van der Waals surface area contributed by atoms with Crippen molar-refractivity contribution < 1.29 is 9.47 Å². The summed E-state index contributed by atoms with van der Waals surface area (Å²) < 4.78 is 10.9. The first-order chi connectivity index (χ1) is 10.3. The second-order valence-corrected chi connectivity index (χ2v) is 6.61. The van der Waals surface area contributed by atoms with Crippen molar-refractivity contribution >= 4 is 0 Å². The summed E-state index contributed by atoms with van der Waals surface area (Å²) in [6.07, 6.45) is 4.14. The molecule has 2 atom stereocenters. The minimum absolute atomic E-state index is 0.357. The number of piperidine rings is 1. The molecule has 0 radical (unpaired) electrons. The van der Waals surface area contributed by atoms with Crippen molar-refractivity contribution in [2.75, 3.05) is 26.4 Å². The van der Waals surface area contributed by atoms with Crippen LogP contribution in [0.1, 0.15) is 31.7 Å². The molecular weight excluding hydrogens is 264 g/mol. The molecule has 4 heteroatoms. The third kappa shape index (κ3) is 2.62. The molecule has 0 bridgehead atoms. The smallest absolute Gasteiger partial charge is 0.231 e. The Morgan fingerprint density at radius 3 is 3.00 bits per heavy atom. The molecule has 3 aliphatic rings. The minimum atomic E-state index is 0.357. The predicted octanol–water partition coefficient (Wildman–Crippen LogP) is 2.47. The number of hydrogen-bond acceptors (Lipinski definition) is 4. The van der Waals surface area contributed by atoms with E-state index in [0.29, 0.717) is 12.8 Å². The maximum Gasteiger partial charge on any atom is 0.231 e. The molecular formula is C17H24N2O2.